The molecule has 3 aromatic rings. The summed E-state index contributed by atoms with van der Waals surface area (Å²) in [5, 5.41) is 96.3. The standard InChI is InChI=1S/C80H128N24O24/c1-40(2)25-48(83)66(113)94-55(29-45-32-86-38-89-45)71(118)99-57(31-63(85)111)73(120)98-56(30-46-33-87-39-90-46)72(119)97-54(28-44-16-18-47(109)19-17-44)74(121)103-65(43(7)108)78(125)93-50(20-21-62(84)110)68(115)92-49(13-8-10-22-81)67(114)100-58(35-105)75(122)95-52(26-41(3)4)69(116)101-59(36-106)76(123)96-53(27-42(5)6)70(117)102-60(37-107)79(126)104-24-12-15-61(104)77(124)88-34-64(112)91-51(80(127)128)14-9-11-23-82/h16-19,32-33,38-43,48-61,65,105-109H,8-15,20-31,34-37,81-83H2,1-7H3,(H2,84,110)(H2,85,111)(H,86,89)(H,87,90)(H,88,124)(H,91,112)(H,92,115)(H,93,125)(H,94,113)(H,95,122)(H,96,123)(H,97,119)(H,98,120)(H,99,118)(H,100,114)(H,101,116)(H,102,117)(H,103,121)(H,127,128)/t43-,48+,49+,50+,51+,52+,53+,54+,55+,56+,57+,58+,59+,60+,61+,65+/m1/s1. The molecular formula is C80H128N24O24. The predicted octanol–water partition coefficient (Wildman–Crippen LogP) is -9.42. The summed E-state index contributed by atoms with van der Waals surface area (Å²) < 4.78 is 0. The average Bonchev–Trinajstić information content (AvgIpc) is 1.66. The first kappa shape index (κ1) is 108. The van der Waals surface area contributed by atoms with Gasteiger partial charge in [0.25, 0.3) is 0 Å². The minimum absolute atomic E-state index is 0.0182. The number of nitrogens with one attached hydrogen (secondary N) is 16. The number of carboxylic acid groups (broad SMARTS) is 1. The lowest BCUT2D eigenvalue weighted by Gasteiger charge is -2.30. The molecule has 1 fully saturated rings. The van der Waals surface area contributed by atoms with Gasteiger partial charge in [0.1, 0.15) is 90.3 Å². The average molecular weight is 1810 g/mol. The summed E-state index contributed by atoms with van der Waals surface area (Å²) in [5.74, 6) is -20.4. The number of phenols is 1. The summed E-state index contributed by atoms with van der Waals surface area (Å²) in [6, 6.07) is -19.3. The molecule has 0 bridgehead atoms. The van der Waals surface area contributed by atoms with Crippen LogP contribution in [0.5, 0.6) is 5.75 Å². The Balaban J connectivity index is 1.54. The molecule has 1 aliphatic rings. The van der Waals surface area contributed by atoms with E-state index in [1.54, 1.807) is 27.7 Å². The number of carbonyl (C=O) groups is 18. The second-order valence-corrected chi connectivity index (χ2v) is 32.5. The Kier molecular flexibility index (Phi) is 46.6. The third-order valence-corrected chi connectivity index (χ3v) is 20.2. The van der Waals surface area contributed by atoms with Crippen molar-refractivity contribution in [2.75, 3.05) is 46.0 Å². The number of likely N-dealkylation sites (tertiary alicyclic amines) is 1. The molecular weight excluding hydrogens is 1680 g/mol. The first-order valence-corrected chi connectivity index (χ1v) is 42.2. The molecule has 0 saturated carbocycles. The highest BCUT2D eigenvalue weighted by atomic mass is 16.4. The Labute approximate surface area is 738 Å². The Morgan fingerprint density at radius 1 is 0.461 bits per heavy atom. The van der Waals surface area contributed by atoms with Gasteiger partial charge < -0.3 is 149 Å². The lowest BCUT2D eigenvalue weighted by atomic mass is 10.0. The number of carboxylic acids is 1. The molecule has 1 aromatic carbocycles. The molecule has 712 valence electrons. The molecule has 32 N–H and O–H groups in total. The summed E-state index contributed by atoms with van der Waals surface area (Å²) >= 11 is 0. The minimum atomic E-state index is -2.05. The van der Waals surface area contributed by atoms with E-state index < -0.39 is 268 Å². The molecule has 1 saturated heterocycles. The van der Waals surface area contributed by atoms with Gasteiger partial charge in [0.15, 0.2) is 0 Å². The molecule has 0 spiro atoms. The van der Waals surface area contributed by atoms with Crippen molar-refractivity contribution in [2.24, 2.45) is 46.4 Å². The predicted molar refractivity (Wildman–Crippen MR) is 454 cm³/mol. The summed E-state index contributed by atoms with van der Waals surface area (Å²) in [7, 11) is 0. The van der Waals surface area contributed by atoms with Crippen LogP contribution in [-0.2, 0) is 106 Å². The van der Waals surface area contributed by atoms with E-state index in [1.165, 1.54) is 49.3 Å². The molecule has 128 heavy (non-hydrogen) atoms. The number of carbonyl (C=O) groups excluding carboxylic acids is 17. The largest absolute Gasteiger partial charge is 0.508 e. The number of unbranched alkanes of at least 4 members (excludes halogenated alkanes) is 2. The number of benzene rings is 1. The third kappa shape index (κ3) is 37.7. The van der Waals surface area contributed by atoms with Crippen molar-refractivity contribution in [1.82, 2.24) is 99.3 Å². The van der Waals surface area contributed by atoms with E-state index in [1.807, 2.05) is 13.8 Å². The number of aromatic amines is 2. The SMILES string of the molecule is CC(C)C[C@H](NC(=O)[C@H](CO)NC(=O)[C@H](CCCCN)NC(=O)[C@H](CCC(N)=O)NC(=O)[C@@H](NC(=O)[C@H](Cc1ccc(O)cc1)NC(=O)[C@H](Cc1c[nH]cn1)NC(=O)[C@H](CC(N)=O)NC(=O)[C@H](Cc1c[nH]cn1)NC(=O)[C@@H](N)CC(C)C)[C@@H](C)O)C(=O)N[C@@H](CO)C(=O)N[C@@H](CC(C)C)C(=O)N[C@@H](CO)C(=O)N1CCC[C@H]1C(=O)NCC(=O)N[C@@H](CCCCN)C(=O)O. The van der Waals surface area contributed by atoms with Crippen LogP contribution in [0.25, 0.3) is 0 Å². The van der Waals surface area contributed by atoms with Crippen molar-refractivity contribution in [3.05, 3.63) is 66.3 Å². The van der Waals surface area contributed by atoms with Crippen LogP contribution in [0.1, 0.15) is 155 Å². The van der Waals surface area contributed by atoms with E-state index in [9.17, 15) is 117 Å². The zero-order valence-electron chi connectivity index (χ0n) is 72.8. The van der Waals surface area contributed by atoms with E-state index in [0.717, 1.165) is 11.8 Å². The number of hydrogen-bond acceptors (Lipinski definition) is 28. The van der Waals surface area contributed by atoms with Gasteiger partial charge >= 0.3 is 5.97 Å². The van der Waals surface area contributed by atoms with Gasteiger partial charge in [0.05, 0.1) is 69.0 Å². The van der Waals surface area contributed by atoms with Crippen LogP contribution in [0.4, 0.5) is 0 Å². The van der Waals surface area contributed by atoms with E-state index in [2.05, 4.69) is 94.4 Å². The number of primary amides is 2. The van der Waals surface area contributed by atoms with Gasteiger partial charge in [-0.15, -0.1) is 0 Å². The maximum absolute atomic E-state index is 14.8. The quantitative estimate of drug-likeness (QED) is 0.0233. The number of phenolic OH excluding ortho intramolecular Hbond substituents is 1. The smallest absolute Gasteiger partial charge is 0.326 e. The van der Waals surface area contributed by atoms with Crippen LogP contribution >= 0.6 is 0 Å². The summed E-state index contributed by atoms with van der Waals surface area (Å²) in [5.41, 5.74) is 29.2. The Morgan fingerprint density at radius 3 is 1.30 bits per heavy atom. The Bertz CT molecular complexity index is 4180. The molecule has 4 rings (SSSR count). The van der Waals surface area contributed by atoms with Gasteiger partial charge in [-0.2, -0.15) is 0 Å². The van der Waals surface area contributed by atoms with Crippen molar-refractivity contribution in [1.29, 1.82) is 0 Å². The fraction of sp³-hybridized carbons (Fsp3) is 0.625. The second kappa shape index (κ2) is 55.3. The van der Waals surface area contributed by atoms with E-state index >= 15 is 0 Å². The number of nitrogens with zero attached hydrogens (tertiary/aromatic N) is 3. The zero-order valence-corrected chi connectivity index (χ0v) is 72.8. The number of aliphatic hydroxyl groups is 4. The molecule has 17 amide bonds. The summed E-state index contributed by atoms with van der Waals surface area (Å²) in [4.78, 5) is 263. The van der Waals surface area contributed by atoms with Crippen LogP contribution in [0.2, 0.25) is 0 Å². The van der Waals surface area contributed by atoms with Gasteiger partial charge in [0.2, 0.25) is 100 Å². The van der Waals surface area contributed by atoms with Gasteiger partial charge in [0, 0.05) is 44.6 Å². The highest BCUT2D eigenvalue weighted by Gasteiger charge is 2.42. The van der Waals surface area contributed by atoms with E-state index in [0.29, 0.717) is 25.1 Å². The van der Waals surface area contributed by atoms with Crippen molar-refractivity contribution in [3.63, 3.8) is 0 Å². The molecule has 1 aliphatic heterocycles. The normalized spacial score (nSPS) is 16.0. The van der Waals surface area contributed by atoms with E-state index in [4.69, 9.17) is 28.7 Å². The fourth-order valence-electron chi connectivity index (χ4n) is 13.5. The first-order chi connectivity index (χ1) is 60.5. The number of aliphatic carboxylic acids is 1. The minimum Gasteiger partial charge on any atom is -0.508 e. The van der Waals surface area contributed by atoms with Crippen LogP contribution < -0.4 is 103 Å². The molecule has 0 unspecified atom stereocenters. The van der Waals surface area contributed by atoms with Gasteiger partial charge in [-0.3, -0.25) is 81.5 Å². The monoisotopic (exact) mass is 1810 g/mol. The van der Waals surface area contributed by atoms with E-state index in [-0.39, 0.29) is 106 Å². The van der Waals surface area contributed by atoms with Gasteiger partial charge in [-0.05, 0) is 133 Å². The summed E-state index contributed by atoms with van der Waals surface area (Å²) in [6.45, 7) is 7.75. The number of hydrogen-bond donors (Lipinski definition) is 27. The maximum Gasteiger partial charge on any atom is 0.326 e. The fourth-order valence-corrected chi connectivity index (χ4v) is 13.5. The third-order valence-electron chi connectivity index (χ3n) is 20.2. The number of aromatic nitrogens is 4. The maximum atomic E-state index is 14.8. The highest BCUT2D eigenvalue weighted by molar-refractivity contribution is 6.02. The van der Waals surface area contributed by atoms with Crippen LogP contribution in [-0.4, -0.2) is 305 Å². The lowest BCUT2D eigenvalue weighted by molar-refractivity contribution is -0.143. The van der Waals surface area contributed by atoms with Crippen LogP contribution in [0, 0.1) is 17.8 Å². The van der Waals surface area contributed by atoms with Crippen LogP contribution in [0.15, 0.2) is 49.3 Å². The molecule has 48 nitrogen and oxygen atoms in total. The number of H-pyrrole nitrogens is 2. The number of nitrogens with two attached hydrogens (primary N) is 5. The molecule has 48 heteroatoms. The number of amides is 17. The van der Waals surface area contributed by atoms with Gasteiger partial charge in [-0.1, -0.05) is 53.7 Å². The number of rotatable bonds is 59. The Morgan fingerprint density at radius 2 is 0.859 bits per heavy atom. The molecule has 16 atom stereocenters. The van der Waals surface area contributed by atoms with Crippen LogP contribution in [0.3, 0.4) is 0 Å². The second-order valence-electron chi connectivity index (χ2n) is 32.5. The molecule has 2 aromatic heterocycles. The zero-order chi connectivity index (χ0) is 95.6. The molecule has 0 aliphatic carbocycles. The molecule has 3 heterocycles. The van der Waals surface area contributed by atoms with Crippen molar-refractivity contribution >= 4 is 106 Å². The Hall–Kier alpha value is -12.4. The topological polar surface area (TPSA) is 788 Å². The number of imidazole rings is 2. The van der Waals surface area contributed by atoms with Gasteiger partial charge in [-0.25, -0.2) is 14.8 Å². The number of aliphatic hydroxyl groups excluding tert-OH is 4. The summed E-state index contributed by atoms with van der Waals surface area (Å²) in [6.07, 6.45) is 1.63. The van der Waals surface area contributed by atoms with Crippen molar-refractivity contribution < 1.29 is 117 Å². The lowest BCUT2D eigenvalue weighted by Crippen LogP contribution is -2.63. The first-order valence-electron chi connectivity index (χ1n) is 42.2. The van der Waals surface area contributed by atoms with Crippen molar-refractivity contribution in [2.45, 2.75) is 254 Å². The molecule has 0 radical (unpaired) electrons. The van der Waals surface area contributed by atoms with Crippen molar-refractivity contribution in [3.8, 4) is 5.75 Å². The number of aromatic hydroxyl groups is 1. The highest BCUT2D eigenvalue weighted by Crippen LogP contribution is 2.21.